The Balaban J connectivity index is 2.64. The fourth-order valence-electron chi connectivity index (χ4n) is 1.78. The fourth-order valence-corrected chi connectivity index (χ4v) is 4.76. The highest BCUT2D eigenvalue weighted by Gasteiger charge is 2.27. The van der Waals surface area contributed by atoms with Crippen LogP contribution in [0.2, 0.25) is 0 Å². The molecule has 0 radical (unpaired) electrons. The van der Waals surface area contributed by atoms with E-state index in [1.165, 1.54) is 0 Å². The minimum atomic E-state index is -4.07. The van der Waals surface area contributed by atoms with Gasteiger partial charge in [-0.1, -0.05) is 6.92 Å². The Hall–Kier alpha value is 0.410. The maximum atomic E-state index is 12.2. The minimum Gasteiger partial charge on any atom is -0.310 e. The molecule has 0 aliphatic heterocycles. The van der Waals surface area contributed by atoms with Crippen LogP contribution in [-0.2, 0) is 0 Å². The van der Waals surface area contributed by atoms with Crippen LogP contribution in [0, 0.1) is 0 Å². The van der Waals surface area contributed by atoms with E-state index in [1.54, 1.807) is 11.3 Å². The van der Waals surface area contributed by atoms with Crippen molar-refractivity contribution < 1.29 is 13.2 Å². The van der Waals surface area contributed by atoms with Gasteiger partial charge in [-0.2, -0.15) is 13.2 Å². The van der Waals surface area contributed by atoms with Crippen LogP contribution in [0.4, 0.5) is 13.2 Å². The van der Waals surface area contributed by atoms with Crippen molar-refractivity contribution in [3.63, 3.8) is 0 Å². The third-order valence-electron chi connectivity index (χ3n) is 2.65. The third kappa shape index (κ3) is 6.60. The van der Waals surface area contributed by atoms with Gasteiger partial charge in [0.15, 0.2) is 0 Å². The van der Waals surface area contributed by atoms with E-state index >= 15 is 0 Å². The summed E-state index contributed by atoms with van der Waals surface area (Å²) in [4.78, 5) is 0. The number of thiophene rings is 1. The van der Waals surface area contributed by atoms with Gasteiger partial charge in [0.1, 0.15) is 0 Å². The molecule has 0 aliphatic rings. The van der Waals surface area contributed by atoms with Gasteiger partial charge >= 0.3 is 6.18 Å². The van der Waals surface area contributed by atoms with Gasteiger partial charge in [-0.05, 0) is 69.3 Å². The summed E-state index contributed by atoms with van der Waals surface area (Å²) in [6.07, 6.45) is -3.20. The van der Waals surface area contributed by atoms with Gasteiger partial charge in [-0.3, -0.25) is 0 Å². The molecule has 0 bridgehead atoms. The average molecular weight is 423 g/mol. The number of alkyl halides is 3. The van der Waals surface area contributed by atoms with Crippen molar-refractivity contribution in [2.45, 2.75) is 44.8 Å². The Morgan fingerprint density at radius 2 is 2.05 bits per heavy atom. The van der Waals surface area contributed by atoms with Crippen LogP contribution in [0.5, 0.6) is 0 Å². The van der Waals surface area contributed by atoms with Gasteiger partial charge in [-0.25, -0.2) is 0 Å². The largest absolute Gasteiger partial charge is 0.389 e. The predicted octanol–water partition coefficient (Wildman–Crippen LogP) is 6.05. The number of nitrogens with one attached hydrogen (secondary N) is 1. The summed E-state index contributed by atoms with van der Waals surface area (Å²) in [5, 5.41) is 3.31. The zero-order valence-electron chi connectivity index (χ0n) is 10.5. The number of halogens is 5. The van der Waals surface area contributed by atoms with Gasteiger partial charge in [0.25, 0.3) is 0 Å². The fraction of sp³-hybridized carbons (Fsp3) is 0.667. The molecule has 1 N–H and O–H groups in total. The van der Waals surface area contributed by atoms with Gasteiger partial charge in [0.2, 0.25) is 0 Å². The van der Waals surface area contributed by atoms with Crippen LogP contribution < -0.4 is 5.32 Å². The van der Waals surface area contributed by atoms with E-state index in [0.717, 1.165) is 26.1 Å². The van der Waals surface area contributed by atoms with Crippen LogP contribution in [0.3, 0.4) is 0 Å². The highest BCUT2D eigenvalue weighted by molar-refractivity contribution is 9.12. The van der Waals surface area contributed by atoms with Crippen LogP contribution in [0.15, 0.2) is 13.6 Å². The SMILES string of the molecule is CCCNC(CCCC(F)(F)F)c1cc(Br)sc1Br. The van der Waals surface area contributed by atoms with Crippen molar-refractivity contribution in [1.29, 1.82) is 0 Å². The lowest BCUT2D eigenvalue weighted by Crippen LogP contribution is -2.22. The zero-order chi connectivity index (χ0) is 14.5. The molecule has 110 valence electrons. The van der Waals surface area contributed by atoms with Gasteiger partial charge in [0, 0.05) is 12.5 Å². The smallest absolute Gasteiger partial charge is 0.310 e. The lowest BCUT2D eigenvalue weighted by Gasteiger charge is -2.18. The summed E-state index contributed by atoms with van der Waals surface area (Å²) >= 11 is 8.41. The van der Waals surface area contributed by atoms with Crippen molar-refractivity contribution in [2.75, 3.05) is 6.54 Å². The molecule has 7 heteroatoms. The molecule has 0 saturated carbocycles. The Kier molecular flexibility index (Phi) is 7.35. The third-order valence-corrected chi connectivity index (χ3v) is 5.04. The molecule has 0 fully saturated rings. The lowest BCUT2D eigenvalue weighted by molar-refractivity contribution is -0.135. The first kappa shape index (κ1) is 17.5. The van der Waals surface area contributed by atoms with Crippen molar-refractivity contribution in [1.82, 2.24) is 5.32 Å². The van der Waals surface area contributed by atoms with Crippen LogP contribution >= 0.6 is 43.2 Å². The van der Waals surface area contributed by atoms with Gasteiger partial charge < -0.3 is 5.32 Å². The quantitative estimate of drug-likeness (QED) is 0.564. The molecule has 0 saturated heterocycles. The summed E-state index contributed by atoms with van der Waals surface area (Å²) in [6, 6.07) is 1.94. The first-order valence-corrected chi connectivity index (χ1v) is 8.48. The van der Waals surface area contributed by atoms with E-state index in [9.17, 15) is 13.2 Å². The molecule has 19 heavy (non-hydrogen) atoms. The first-order valence-electron chi connectivity index (χ1n) is 6.08. The number of hydrogen-bond donors (Lipinski definition) is 1. The first-order chi connectivity index (χ1) is 8.83. The highest BCUT2D eigenvalue weighted by atomic mass is 79.9. The molecule has 1 rings (SSSR count). The zero-order valence-corrected chi connectivity index (χ0v) is 14.5. The molecule has 1 unspecified atom stereocenters. The topological polar surface area (TPSA) is 12.0 Å². The van der Waals surface area contributed by atoms with Crippen molar-refractivity contribution >= 4 is 43.2 Å². The summed E-state index contributed by atoms with van der Waals surface area (Å²) in [5.74, 6) is 0. The molecule has 0 aliphatic carbocycles. The summed E-state index contributed by atoms with van der Waals surface area (Å²) in [7, 11) is 0. The lowest BCUT2D eigenvalue weighted by atomic mass is 10.0. The van der Waals surface area contributed by atoms with E-state index in [-0.39, 0.29) is 12.5 Å². The Bertz CT molecular complexity index is 393. The predicted molar refractivity (Wildman–Crippen MR) is 80.7 cm³/mol. The van der Waals surface area contributed by atoms with Crippen molar-refractivity contribution in [3.8, 4) is 0 Å². The minimum absolute atomic E-state index is 0.0285. The second-order valence-electron chi connectivity index (χ2n) is 4.29. The monoisotopic (exact) mass is 421 g/mol. The Labute approximate surface area is 132 Å². The normalized spacial score (nSPS) is 13.8. The van der Waals surface area contributed by atoms with E-state index in [0.29, 0.717) is 6.42 Å². The Morgan fingerprint density at radius 3 is 2.53 bits per heavy atom. The summed E-state index contributed by atoms with van der Waals surface area (Å²) in [6.45, 7) is 2.84. The second-order valence-corrected chi connectivity index (χ2v) is 8.04. The maximum absolute atomic E-state index is 12.2. The van der Waals surface area contributed by atoms with E-state index < -0.39 is 12.6 Å². The number of rotatable bonds is 7. The molecule has 1 aromatic rings. The second kappa shape index (κ2) is 8.00. The van der Waals surface area contributed by atoms with Crippen LogP contribution in [0.1, 0.15) is 44.2 Å². The molecule has 1 aromatic heterocycles. The van der Waals surface area contributed by atoms with Crippen LogP contribution in [-0.4, -0.2) is 12.7 Å². The van der Waals surface area contributed by atoms with E-state index in [1.807, 2.05) is 13.0 Å². The molecular formula is C12H16Br2F3NS. The van der Waals surface area contributed by atoms with Gasteiger partial charge in [0.05, 0.1) is 7.57 Å². The Morgan fingerprint density at radius 1 is 1.37 bits per heavy atom. The van der Waals surface area contributed by atoms with Crippen molar-refractivity contribution in [2.24, 2.45) is 0 Å². The summed E-state index contributed by atoms with van der Waals surface area (Å²) in [5.41, 5.74) is 1.03. The molecular weight excluding hydrogens is 407 g/mol. The van der Waals surface area contributed by atoms with Crippen molar-refractivity contribution in [3.05, 3.63) is 19.2 Å². The molecule has 0 amide bonds. The molecule has 1 heterocycles. The molecule has 1 atom stereocenters. The maximum Gasteiger partial charge on any atom is 0.389 e. The number of hydrogen-bond acceptors (Lipinski definition) is 2. The van der Waals surface area contributed by atoms with Gasteiger partial charge in [-0.15, -0.1) is 11.3 Å². The standard InChI is InChI=1S/C12H16Br2F3NS/c1-2-6-18-9(4-3-5-12(15,16)17)8-7-10(13)19-11(8)14/h7,9,18H,2-6H2,1H3. The molecule has 0 spiro atoms. The molecule has 1 nitrogen and oxygen atoms in total. The highest BCUT2D eigenvalue weighted by Crippen LogP contribution is 2.37. The van der Waals surface area contributed by atoms with Crippen LogP contribution in [0.25, 0.3) is 0 Å². The van der Waals surface area contributed by atoms with E-state index in [2.05, 4.69) is 37.2 Å². The summed E-state index contributed by atoms with van der Waals surface area (Å²) < 4.78 is 38.6. The average Bonchev–Trinajstić information content (AvgIpc) is 2.61. The van der Waals surface area contributed by atoms with E-state index in [4.69, 9.17) is 0 Å². The molecule has 0 aromatic carbocycles.